The molecular formula is C13H20FN3S. The average Bonchev–Trinajstić information content (AvgIpc) is 2.40. The minimum absolute atomic E-state index is 0.171. The molecule has 18 heavy (non-hydrogen) atoms. The van der Waals surface area contributed by atoms with Gasteiger partial charge in [0.15, 0.2) is 0 Å². The second kappa shape index (κ2) is 7.07. The Morgan fingerprint density at radius 2 is 2.22 bits per heavy atom. The highest BCUT2D eigenvalue weighted by Crippen LogP contribution is 2.10. The molecule has 1 N–H and O–H groups in total. The molecule has 0 radical (unpaired) electrons. The summed E-state index contributed by atoms with van der Waals surface area (Å²) in [4.78, 5) is 6.57. The molecule has 2 heterocycles. The largest absolute Gasteiger partial charge is 0.308 e. The summed E-state index contributed by atoms with van der Waals surface area (Å²) in [5.74, 6) is 2.21. The first-order valence-corrected chi connectivity index (χ1v) is 7.56. The Kier molecular flexibility index (Phi) is 5.41. The van der Waals surface area contributed by atoms with Gasteiger partial charge in [-0.1, -0.05) is 0 Å². The van der Waals surface area contributed by atoms with Crippen LogP contribution in [0.5, 0.6) is 0 Å². The molecule has 1 saturated heterocycles. The summed E-state index contributed by atoms with van der Waals surface area (Å²) in [5.41, 5.74) is 0.894. The molecule has 1 aliphatic rings. The summed E-state index contributed by atoms with van der Waals surface area (Å²) in [5, 5.41) is 3.43. The van der Waals surface area contributed by atoms with Gasteiger partial charge < -0.3 is 10.2 Å². The van der Waals surface area contributed by atoms with Gasteiger partial charge in [0, 0.05) is 43.7 Å². The lowest BCUT2D eigenvalue weighted by atomic mass is 10.2. The molecule has 0 saturated carbocycles. The molecule has 0 amide bonds. The Hall–Kier alpha value is -0.650. The Morgan fingerprint density at radius 1 is 1.44 bits per heavy atom. The third-order valence-electron chi connectivity index (χ3n) is 3.18. The lowest BCUT2D eigenvalue weighted by molar-refractivity contribution is 0.296. The predicted molar refractivity (Wildman–Crippen MR) is 74.4 cm³/mol. The normalized spacial score (nSPS) is 18.8. The molecular weight excluding hydrogens is 249 g/mol. The summed E-state index contributed by atoms with van der Waals surface area (Å²) in [7, 11) is 0. The highest BCUT2D eigenvalue weighted by Gasteiger charge is 2.11. The molecule has 1 atom stereocenters. The van der Waals surface area contributed by atoms with Crippen molar-refractivity contribution in [1.29, 1.82) is 0 Å². The number of rotatable bonds is 5. The summed E-state index contributed by atoms with van der Waals surface area (Å²) < 4.78 is 12.8. The van der Waals surface area contributed by atoms with Crippen LogP contribution >= 0.6 is 11.8 Å². The van der Waals surface area contributed by atoms with Crippen molar-refractivity contribution in [2.45, 2.75) is 13.0 Å². The number of nitrogens with zero attached hydrogens (tertiary/aromatic N) is 2. The van der Waals surface area contributed by atoms with Gasteiger partial charge in [0.2, 0.25) is 0 Å². The van der Waals surface area contributed by atoms with Gasteiger partial charge in [-0.15, -0.1) is 0 Å². The maximum atomic E-state index is 12.8. The minimum atomic E-state index is -0.281. The van der Waals surface area contributed by atoms with Crippen LogP contribution in [0.1, 0.15) is 18.7 Å². The zero-order valence-electron chi connectivity index (χ0n) is 10.7. The number of pyridine rings is 1. The molecule has 2 rings (SSSR count). The summed E-state index contributed by atoms with van der Waals surface area (Å²) in [6, 6.07) is 3.37. The van der Waals surface area contributed by atoms with E-state index in [2.05, 4.69) is 22.1 Å². The van der Waals surface area contributed by atoms with Gasteiger partial charge in [0.25, 0.3) is 0 Å². The van der Waals surface area contributed by atoms with Crippen LogP contribution in [0.25, 0.3) is 0 Å². The molecule has 1 aromatic heterocycles. The highest BCUT2D eigenvalue weighted by atomic mass is 32.2. The van der Waals surface area contributed by atoms with Crippen molar-refractivity contribution >= 4 is 11.8 Å². The zero-order valence-corrected chi connectivity index (χ0v) is 11.5. The van der Waals surface area contributed by atoms with Crippen molar-refractivity contribution in [3.8, 4) is 0 Å². The van der Waals surface area contributed by atoms with Crippen LogP contribution < -0.4 is 5.32 Å². The second-order valence-corrected chi connectivity index (χ2v) is 5.76. The maximum absolute atomic E-state index is 12.8. The number of hydrogen-bond donors (Lipinski definition) is 1. The highest BCUT2D eigenvalue weighted by molar-refractivity contribution is 7.99. The Labute approximate surface area is 112 Å². The van der Waals surface area contributed by atoms with Crippen molar-refractivity contribution in [3.63, 3.8) is 0 Å². The van der Waals surface area contributed by atoms with E-state index in [4.69, 9.17) is 0 Å². The van der Waals surface area contributed by atoms with Gasteiger partial charge in [-0.05, 0) is 19.1 Å². The van der Waals surface area contributed by atoms with Crippen molar-refractivity contribution < 1.29 is 4.39 Å². The monoisotopic (exact) mass is 269 g/mol. The molecule has 0 aromatic carbocycles. The van der Waals surface area contributed by atoms with Crippen molar-refractivity contribution in [2.75, 3.05) is 37.7 Å². The van der Waals surface area contributed by atoms with Crippen molar-refractivity contribution in [3.05, 3.63) is 29.8 Å². The number of aromatic nitrogens is 1. The standard InChI is InChI=1S/C13H20FN3S/c1-11(13-3-2-12(14)10-16-13)15-4-5-17-6-8-18-9-7-17/h2-3,10-11,15H,4-9H2,1H3. The van der Waals surface area contributed by atoms with E-state index in [1.165, 1.54) is 36.9 Å². The second-order valence-electron chi connectivity index (χ2n) is 4.53. The van der Waals surface area contributed by atoms with E-state index in [1.807, 2.05) is 11.8 Å². The van der Waals surface area contributed by atoms with Gasteiger partial charge in [0.05, 0.1) is 11.9 Å². The number of nitrogens with one attached hydrogen (secondary N) is 1. The van der Waals surface area contributed by atoms with Crippen LogP contribution in [-0.4, -0.2) is 47.6 Å². The quantitative estimate of drug-likeness (QED) is 0.884. The average molecular weight is 269 g/mol. The summed E-state index contributed by atoms with van der Waals surface area (Å²) in [6.45, 7) is 6.47. The van der Waals surface area contributed by atoms with E-state index >= 15 is 0 Å². The van der Waals surface area contributed by atoms with E-state index in [9.17, 15) is 4.39 Å². The molecule has 3 nitrogen and oxygen atoms in total. The number of thioether (sulfide) groups is 1. The van der Waals surface area contributed by atoms with E-state index in [-0.39, 0.29) is 11.9 Å². The molecule has 0 bridgehead atoms. The first-order valence-electron chi connectivity index (χ1n) is 6.40. The Bertz CT molecular complexity index is 352. The molecule has 1 unspecified atom stereocenters. The van der Waals surface area contributed by atoms with Crippen LogP contribution in [0.15, 0.2) is 18.3 Å². The fraction of sp³-hybridized carbons (Fsp3) is 0.615. The lowest BCUT2D eigenvalue weighted by Gasteiger charge is -2.26. The predicted octanol–water partition coefficient (Wildman–Crippen LogP) is 1.92. The topological polar surface area (TPSA) is 28.2 Å². The van der Waals surface area contributed by atoms with Gasteiger partial charge in [0.1, 0.15) is 5.82 Å². The van der Waals surface area contributed by atoms with Crippen molar-refractivity contribution in [2.24, 2.45) is 0 Å². The molecule has 5 heteroatoms. The maximum Gasteiger partial charge on any atom is 0.141 e. The SMILES string of the molecule is CC(NCCN1CCSCC1)c1ccc(F)cn1. The van der Waals surface area contributed by atoms with Crippen LogP contribution in [0.2, 0.25) is 0 Å². The smallest absolute Gasteiger partial charge is 0.141 e. The van der Waals surface area contributed by atoms with E-state index < -0.39 is 0 Å². The third kappa shape index (κ3) is 4.23. The fourth-order valence-electron chi connectivity index (χ4n) is 2.01. The van der Waals surface area contributed by atoms with E-state index in [1.54, 1.807) is 6.07 Å². The van der Waals surface area contributed by atoms with Gasteiger partial charge in [-0.3, -0.25) is 4.98 Å². The molecule has 0 spiro atoms. The molecule has 0 aliphatic carbocycles. The molecule has 100 valence electrons. The van der Waals surface area contributed by atoms with Crippen molar-refractivity contribution in [1.82, 2.24) is 15.2 Å². The zero-order chi connectivity index (χ0) is 12.8. The number of halogens is 1. The molecule has 1 aromatic rings. The first-order chi connectivity index (χ1) is 8.75. The Balaban J connectivity index is 1.70. The molecule has 1 fully saturated rings. The number of hydrogen-bond acceptors (Lipinski definition) is 4. The van der Waals surface area contributed by atoms with Crippen LogP contribution in [-0.2, 0) is 0 Å². The lowest BCUT2D eigenvalue weighted by Crippen LogP contribution is -2.38. The fourth-order valence-corrected chi connectivity index (χ4v) is 2.99. The summed E-state index contributed by atoms with van der Waals surface area (Å²) >= 11 is 2.03. The van der Waals surface area contributed by atoms with Crippen LogP contribution in [0, 0.1) is 5.82 Å². The first kappa shape index (κ1) is 13.8. The third-order valence-corrected chi connectivity index (χ3v) is 4.12. The van der Waals surface area contributed by atoms with E-state index in [0.29, 0.717) is 0 Å². The van der Waals surface area contributed by atoms with E-state index in [0.717, 1.165) is 18.8 Å². The van der Waals surface area contributed by atoms with Gasteiger partial charge >= 0.3 is 0 Å². The summed E-state index contributed by atoms with van der Waals surface area (Å²) in [6.07, 6.45) is 1.27. The minimum Gasteiger partial charge on any atom is -0.308 e. The van der Waals surface area contributed by atoms with Gasteiger partial charge in [-0.2, -0.15) is 11.8 Å². The van der Waals surface area contributed by atoms with Crippen LogP contribution in [0.3, 0.4) is 0 Å². The van der Waals surface area contributed by atoms with Crippen LogP contribution in [0.4, 0.5) is 4.39 Å². The Morgan fingerprint density at radius 3 is 2.89 bits per heavy atom. The molecule has 1 aliphatic heterocycles. The van der Waals surface area contributed by atoms with Gasteiger partial charge in [-0.25, -0.2) is 4.39 Å².